The highest BCUT2D eigenvalue weighted by Gasteiger charge is 2.14. The van der Waals surface area contributed by atoms with Crippen molar-refractivity contribution in [2.24, 2.45) is 0 Å². The van der Waals surface area contributed by atoms with Crippen molar-refractivity contribution in [3.63, 3.8) is 0 Å². The molecular formula is C13H19NO2. The molecule has 3 nitrogen and oxygen atoms in total. The topological polar surface area (TPSA) is 30.5 Å². The van der Waals surface area contributed by atoms with Crippen LogP contribution in [0.15, 0.2) is 18.2 Å². The molecule has 1 aliphatic rings. The van der Waals surface area contributed by atoms with Crippen LogP contribution in [0.1, 0.15) is 11.1 Å². The highest BCUT2D eigenvalue weighted by Crippen LogP contribution is 2.22. The maximum atomic E-state index is 5.84. The summed E-state index contributed by atoms with van der Waals surface area (Å²) < 4.78 is 11.4. The number of ether oxygens (including phenoxy) is 2. The summed E-state index contributed by atoms with van der Waals surface area (Å²) in [5.41, 5.74) is 2.37. The van der Waals surface area contributed by atoms with E-state index in [0.29, 0.717) is 6.61 Å². The van der Waals surface area contributed by atoms with E-state index in [4.69, 9.17) is 9.47 Å². The van der Waals surface area contributed by atoms with Crippen molar-refractivity contribution in [1.82, 2.24) is 5.32 Å². The van der Waals surface area contributed by atoms with Gasteiger partial charge in [-0.3, -0.25) is 0 Å². The predicted molar refractivity (Wildman–Crippen MR) is 64.0 cm³/mol. The molecule has 1 saturated heterocycles. The van der Waals surface area contributed by atoms with Crippen molar-refractivity contribution < 1.29 is 9.47 Å². The molecule has 1 heterocycles. The van der Waals surface area contributed by atoms with E-state index in [2.05, 4.69) is 37.4 Å². The largest absolute Gasteiger partial charge is 0.490 e. The van der Waals surface area contributed by atoms with Gasteiger partial charge in [0, 0.05) is 13.1 Å². The van der Waals surface area contributed by atoms with E-state index in [9.17, 15) is 0 Å². The Kier molecular flexibility index (Phi) is 3.80. The van der Waals surface area contributed by atoms with E-state index in [0.717, 1.165) is 25.4 Å². The third-order valence-electron chi connectivity index (χ3n) is 2.83. The number of hydrogen-bond acceptors (Lipinski definition) is 3. The molecule has 1 fully saturated rings. The molecule has 0 spiro atoms. The monoisotopic (exact) mass is 221 g/mol. The predicted octanol–water partition coefficient (Wildman–Crippen LogP) is 1.67. The lowest BCUT2D eigenvalue weighted by Crippen LogP contribution is -2.41. The van der Waals surface area contributed by atoms with Crippen LogP contribution >= 0.6 is 0 Å². The highest BCUT2D eigenvalue weighted by atomic mass is 16.5. The first-order valence-electron chi connectivity index (χ1n) is 5.78. The van der Waals surface area contributed by atoms with Crippen LogP contribution in [0.2, 0.25) is 0 Å². The molecule has 1 unspecified atom stereocenters. The molecule has 1 aromatic carbocycles. The lowest BCUT2D eigenvalue weighted by molar-refractivity contribution is -0.0000628. The second kappa shape index (κ2) is 5.32. The molecule has 0 bridgehead atoms. The SMILES string of the molecule is Cc1cccc(C)c1OCC1CNCCO1. The molecular weight excluding hydrogens is 202 g/mol. The van der Waals surface area contributed by atoms with Gasteiger partial charge in [-0.15, -0.1) is 0 Å². The van der Waals surface area contributed by atoms with E-state index in [-0.39, 0.29) is 6.10 Å². The zero-order valence-electron chi connectivity index (χ0n) is 9.95. The highest BCUT2D eigenvalue weighted by molar-refractivity contribution is 5.39. The third-order valence-corrected chi connectivity index (χ3v) is 2.83. The Balaban J connectivity index is 1.93. The Morgan fingerprint density at radius 1 is 1.38 bits per heavy atom. The van der Waals surface area contributed by atoms with E-state index in [1.54, 1.807) is 0 Å². The molecule has 0 aromatic heterocycles. The van der Waals surface area contributed by atoms with Gasteiger partial charge in [0.05, 0.1) is 6.61 Å². The minimum absolute atomic E-state index is 0.174. The van der Waals surface area contributed by atoms with Gasteiger partial charge in [-0.2, -0.15) is 0 Å². The summed E-state index contributed by atoms with van der Waals surface area (Å²) >= 11 is 0. The Hall–Kier alpha value is -1.06. The van der Waals surface area contributed by atoms with Gasteiger partial charge in [0.25, 0.3) is 0 Å². The van der Waals surface area contributed by atoms with E-state index in [1.807, 2.05) is 0 Å². The Morgan fingerprint density at radius 3 is 2.75 bits per heavy atom. The average molecular weight is 221 g/mol. The molecule has 16 heavy (non-hydrogen) atoms. The first-order chi connectivity index (χ1) is 7.77. The second-order valence-corrected chi connectivity index (χ2v) is 4.23. The Labute approximate surface area is 96.8 Å². The number of para-hydroxylation sites is 1. The number of benzene rings is 1. The van der Waals surface area contributed by atoms with Gasteiger partial charge < -0.3 is 14.8 Å². The zero-order valence-corrected chi connectivity index (χ0v) is 9.95. The van der Waals surface area contributed by atoms with Crippen molar-refractivity contribution in [3.8, 4) is 5.75 Å². The zero-order chi connectivity index (χ0) is 11.4. The van der Waals surface area contributed by atoms with Crippen molar-refractivity contribution in [3.05, 3.63) is 29.3 Å². The lowest BCUT2D eigenvalue weighted by atomic mass is 10.1. The fraction of sp³-hybridized carbons (Fsp3) is 0.538. The van der Waals surface area contributed by atoms with Gasteiger partial charge in [-0.05, 0) is 25.0 Å². The van der Waals surface area contributed by atoms with Gasteiger partial charge >= 0.3 is 0 Å². The van der Waals surface area contributed by atoms with Crippen LogP contribution in [0.4, 0.5) is 0 Å². The molecule has 3 heteroatoms. The maximum Gasteiger partial charge on any atom is 0.125 e. The average Bonchev–Trinajstić information content (AvgIpc) is 2.30. The molecule has 0 amide bonds. The number of aryl methyl sites for hydroxylation is 2. The van der Waals surface area contributed by atoms with E-state index in [1.165, 1.54) is 11.1 Å². The smallest absolute Gasteiger partial charge is 0.125 e. The van der Waals surface area contributed by atoms with Crippen LogP contribution in [-0.4, -0.2) is 32.4 Å². The summed E-state index contributed by atoms with van der Waals surface area (Å²) in [4.78, 5) is 0. The minimum Gasteiger partial charge on any atom is -0.490 e. The summed E-state index contributed by atoms with van der Waals surface area (Å²) in [5, 5.41) is 3.30. The van der Waals surface area contributed by atoms with Crippen molar-refractivity contribution in [1.29, 1.82) is 0 Å². The van der Waals surface area contributed by atoms with Gasteiger partial charge in [0.1, 0.15) is 18.5 Å². The Morgan fingerprint density at radius 2 is 2.12 bits per heavy atom. The maximum absolute atomic E-state index is 5.84. The van der Waals surface area contributed by atoms with E-state index >= 15 is 0 Å². The molecule has 1 atom stereocenters. The van der Waals surface area contributed by atoms with Crippen LogP contribution in [0.25, 0.3) is 0 Å². The van der Waals surface area contributed by atoms with Gasteiger partial charge in [-0.1, -0.05) is 18.2 Å². The summed E-state index contributed by atoms with van der Waals surface area (Å²) in [6, 6.07) is 6.20. The standard InChI is InChI=1S/C13H19NO2/c1-10-4-3-5-11(2)13(10)16-9-12-8-14-6-7-15-12/h3-5,12,14H,6-9H2,1-2H3. The van der Waals surface area contributed by atoms with Crippen molar-refractivity contribution >= 4 is 0 Å². The van der Waals surface area contributed by atoms with Crippen LogP contribution in [0, 0.1) is 13.8 Å². The third kappa shape index (κ3) is 2.74. The second-order valence-electron chi connectivity index (χ2n) is 4.23. The number of hydrogen-bond donors (Lipinski definition) is 1. The van der Waals surface area contributed by atoms with Gasteiger partial charge in [0.2, 0.25) is 0 Å². The van der Waals surface area contributed by atoms with Crippen LogP contribution in [0.5, 0.6) is 5.75 Å². The molecule has 1 aromatic rings. The molecule has 0 saturated carbocycles. The van der Waals surface area contributed by atoms with Crippen LogP contribution in [0.3, 0.4) is 0 Å². The molecule has 1 aliphatic heterocycles. The molecule has 2 rings (SSSR count). The number of morpholine rings is 1. The lowest BCUT2D eigenvalue weighted by Gasteiger charge is -2.24. The van der Waals surface area contributed by atoms with Gasteiger partial charge in [0.15, 0.2) is 0 Å². The summed E-state index contributed by atoms with van der Waals surface area (Å²) in [6.45, 7) is 7.37. The van der Waals surface area contributed by atoms with Crippen LogP contribution < -0.4 is 10.1 Å². The minimum atomic E-state index is 0.174. The number of rotatable bonds is 3. The van der Waals surface area contributed by atoms with Crippen molar-refractivity contribution in [2.75, 3.05) is 26.3 Å². The molecule has 0 radical (unpaired) electrons. The fourth-order valence-corrected chi connectivity index (χ4v) is 1.93. The summed E-state index contributed by atoms with van der Waals surface area (Å²) in [6.07, 6.45) is 0.174. The summed E-state index contributed by atoms with van der Waals surface area (Å²) in [7, 11) is 0. The molecule has 88 valence electrons. The van der Waals surface area contributed by atoms with Gasteiger partial charge in [-0.25, -0.2) is 0 Å². The summed E-state index contributed by atoms with van der Waals surface area (Å²) in [5.74, 6) is 0.997. The molecule has 0 aliphatic carbocycles. The first kappa shape index (κ1) is 11.4. The van der Waals surface area contributed by atoms with E-state index < -0.39 is 0 Å². The number of nitrogens with one attached hydrogen (secondary N) is 1. The molecule has 1 N–H and O–H groups in total. The van der Waals surface area contributed by atoms with Crippen LogP contribution in [-0.2, 0) is 4.74 Å². The fourth-order valence-electron chi connectivity index (χ4n) is 1.93. The Bertz CT molecular complexity index is 326. The van der Waals surface area contributed by atoms with Crippen molar-refractivity contribution in [2.45, 2.75) is 20.0 Å². The quantitative estimate of drug-likeness (QED) is 0.842. The normalized spacial score (nSPS) is 20.8. The first-order valence-corrected chi connectivity index (χ1v) is 5.78.